The number of hydrogen-bond donors (Lipinski definition) is 0. The van der Waals surface area contributed by atoms with Crippen LogP contribution in [0, 0.1) is 11.7 Å². The van der Waals surface area contributed by atoms with Gasteiger partial charge < -0.3 is 4.90 Å². The van der Waals surface area contributed by atoms with Crippen LogP contribution in [0.15, 0.2) is 23.2 Å². The molecule has 2 saturated heterocycles. The first-order valence-corrected chi connectivity index (χ1v) is 10.7. The summed E-state index contributed by atoms with van der Waals surface area (Å²) in [6.07, 6.45) is 1.70. The fourth-order valence-electron chi connectivity index (χ4n) is 3.02. The Labute approximate surface area is 148 Å². The molecule has 0 bridgehead atoms. The monoisotopic (exact) mass is 388 g/mol. The number of aliphatic imine (C=N–C) groups is 1. The van der Waals surface area contributed by atoms with Gasteiger partial charge in [-0.05, 0) is 31.0 Å². The number of anilines is 1. The number of carbonyl (C=O) groups excluding carboxylic acids is 1. The second-order valence-corrected chi connectivity index (χ2v) is 10.0. The summed E-state index contributed by atoms with van der Waals surface area (Å²) in [4.78, 5) is 18.0. The van der Waals surface area contributed by atoms with Crippen molar-refractivity contribution < 1.29 is 17.6 Å². The summed E-state index contributed by atoms with van der Waals surface area (Å²) in [6, 6.07) is 3.90. The molecule has 2 atom stereocenters. The molecule has 0 N–H and O–H groups in total. The first-order chi connectivity index (χ1) is 11.3. The van der Waals surface area contributed by atoms with Gasteiger partial charge in [0, 0.05) is 16.9 Å². The summed E-state index contributed by atoms with van der Waals surface area (Å²) in [5, 5.41) is 0.263. The van der Waals surface area contributed by atoms with Crippen LogP contribution in [0.3, 0.4) is 0 Å². The minimum Gasteiger partial charge on any atom is -0.316 e. The summed E-state index contributed by atoms with van der Waals surface area (Å²) in [5.74, 6) is -0.671. The number of fused-ring (bicyclic) bond motifs is 1. The van der Waals surface area contributed by atoms with Gasteiger partial charge in [-0.2, -0.15) is 4.99 Å². The zero-order valence-electron chi connectivity index (χ0n) is 12.5. The van der Waals surface area contributed by atoms with E-state index in [0.29, 0.717) is 10.9 Å². The Morgan fingerprint density at radius 3 is 2.75 bits per heavy atom. The second kappa shape index (κ2) is 5.71. The van der Waals surface area contributed by atoms with E-state index in [9.17, 15) is 17.6 Å². The number of benzene rings is 1. The summed E-state index contributed by atoms with van der Waals surface area (Å²) in [5.41, 5.74) is 0.556. The number of nitrogens with zero attached hydrogens (tertiary/aromatic N) is 2. The average Bonchev–Trinajstić information content (AvgIpc) is 3.23. The van der Waals surface area contributed by atoms with Crippen LogP contribution in [0.25, 0.3) is 0 Å². The van der Waals surface area contributed by atoms with Crippen LogP contribution in [-0.2, 0) is 14.6 Å². The van der Waals surface area contributed by atoms with Gasteiger partial charge in [-0.25, -0.2) is 12.8 Å². The van der Waals surface area contributed by atoms with Crippen molar-refractivity contribution in [2.45, 2.75) is 24.1 Å². The lowest BCUT2D eigenvalue weighted by atomic mass is 10.2. The zero-order valence-corrected chi connectivity index (χ0v) is 14.9. The van der Waals surface area contributed by atoms with Gasteiger partial charge in [0.15, 0.2) is 15.0 Å². The molecule has 1 amide bonds. The number of rotatable bonds is 2. The summed E-state index contributed by atoms with van der Waals surface area (Å²) in [6.45, 7) is 0. The Kier molecular flexibility index (Phi) is 3.89. The topological polar surface area (TPSA) is 66.8 Å². The maximum Gasteiger partial charge on any atom is 0.251 e. The number of carbonyl (C=O) groups is 1. The molecule has 1 aromatic rings. The molecule has 2 aliphatic heterocycles. The van der Waals surface area contributed by atoms with Gasteiger partial charge in [0.2, 0.25) is 0 Å². The number of sulfone groups is 1. The van der Waals surface area contributed by atoms with Gasteiger partial charge in [-0.3, -0.25) is 4.79 Å². The highest BCUT2D eigenvalue weighted by Crippen LogP contribution is 2.42. The number of amidine groups is 1. The molecule has 24 heavy (non-hydrogen) atoms. The van der Waals surface area contributed by atoms with Gasteiger partial charge in [-0.1, -0.05) is 23.4 Å². The van der Waals surface area contributed by atoms with Crippen molar-refractivity contribution in [1.82, 2.24) is 0 Å². The number of thioether (sulfide) groups is 1. The summed E-state index contributed by atoms with van der Waals surface area (Å²) in [7, 11) is -3.13. The molecular formula is C15H14ClFN2O3S2. The Bertz CT molecular complexity index is 854. The van der Waals surface area contributed by atoms with Crippen LogP contribution in [0.4, 0.5) is 10.1 Å². The number of amides is 1. The van der Waals surface area contributed by atoms with Gasteiger partial charge in [-0.15, -0.1) is 0 Å². The molecule has 1 saturated carbocycles. The van der Waals surface area contributed by atoms with Gasteiger partial charge >= 0.3 is 0 Å². The van der Waals surface area contributed by atoms with Crippen molar-refractivity contribution >= 4 is 50.0 Å². The highest BCUT2D eigenvalue weighted by molar-refractivity contribution is 8.16. The van der Waals surface area contributed by atoms with Crippen molar-refractivity contribution in [3.05, 3.63) is 29.0 Å². The third-order valence-corrected chi connectivity index (χ3v) is 7.88. The van der Waals surface area contributed by atoms with Crippen molar-refractivity contribution in [2.24, 2.45) is 10.9 Å². The third kappa shape index (κ3) is 2.95. The van der Waals surface area contributed by atoms with E-state index < -0.39 is 15.7 Å². The Morgan fingerprint density at radius 1 is 1.33 bits per heavy atom. The molecule has 3 aliphatic rings. The Morgan fingerprint density at radius 2 is 2.08 bits per heavy atom. The van der Waals surface area contributed by atoms with E-state index in [1.54, 1.807) is 4.90 Å². The first kappa shape index (κ1) is 16.4. The first-order valence-electron chi connectivity index (χ1n) is 7.58. The Hall–Kier alpha value is -1.12. The van der Waals surface area contributed by atoms with Gasteiger partial charge in [0.05, 0.1) is 22.6 Å². The lowest BCUT2D eigenvalue weighted by molar-refractivity contribution is -0.118. The summed E-state index contributed by atoms with van der Waals surface area (Å²) >= 11 is 7.18. The highest BCUT2D eigenvalue weighted by Gasteiger charge is 2.49. The molecule has 1 aliphatic carbocycles. The predicted molar refractivity (Wildman–Crippen MR) is 92.9 cm³/mol. The largest absolute Gasteiger partial charge is 0.316 e. The third-order valence-electron chi connectivity index (χ3n) is 4.38. The molecule has 9 heteroatoms. The van der Waals surface area contributed by atoms with Crippen molar-refractivity contribution in [3.8, 4) is 0 Å². The SMILES string of the molecule is O=C(N=C1SC2CS(=O)(=O)CC2N1c1ccc(F)c(Cl)c1)C1CC1. The van der Waals surface area contributed by atoms with Gasteiger partial charge in [0.25, 0.3) is 5.91 Å². The predicted octanol–water partition coefficient (Wildman–Crippen LogP) is 2.49. The minimum atomic E-state index is -3.13. The van der Waals surface area contributed by atoms with Gasteiger partial charge in [0.1, 0.15) is 5.82 Å². The van der Waals surface area contributed by atoms with Crippen molar-refractivity contribution in [3.63, 3.8) is 0 Å². The second-order valence-electron chi connectivity index (χ2n) is 6.28. The normalized spacial score (nSPS) is 29.9. The molecule has 0 radical (unpaired) electrons. The number of hydrogen-bond acceptors (Lipinski definition) is 4. The molecule has 0 spiro atoms. The molecule has 2 unspecified atom stereocenters. The Balaban J connectivity index is 1.74. The van der Waals surface area contributed by atoms with E-state index >= 15 is 0 Å². The van der Waals surface area contributed by atoms with Crippen LogP contribution in [0.5, 0.6) is 0 Å². The van der Waals surface area contributed by atoms with E-state index in [1.165, 1.54) is 30.0 Å². The molecule has 4 rings (SSSR count). The van der Waals surface area contributed by atoms with Crippen LogP contribution in [0.1, 0.15) is 12.8 Å². The maximum atomic E-state index is 13.5. The molecule has 0 aromatic heterocycles. The van der Waals surface area contributed by atoms with Crippen LogP contribution in [0.2, 0.25) is 5.02 Å². The van der Waals surface area contributed by atoms with E-state index in [2.05, 4.69) is 4.99 Å². The van der Waals surface area contributed by atoms with Crippen molar-refractivity contribution in [2.75, 3.05) is 16.4 Å². The lowest BCUT2D eigenvalue weighted by Gasteiger charge is -2.24. The van der Waals surface area contributed by atoms with Crippen LogP contribution < -0.4 is 4.90 Å². The summed E-state index contributed by atoms with van der Waals surface area (Å²) < 4.78 is 37.4. The van der Waals surface area contributed by atoms with E-state index in [1.807, 2.05) is 0 Å². The molecule has 128 valence electrons. The maximum absolute atomic E-state index is 13.5. The molecular weight excluding hydrogens is 375 g/mol. The molecule has 5 nitrogen and oxygen atoms in total. The molecule has 1 aromatic carbocycles. The molecule has 3 fully saturated rings. The highest BCUT2D eigenvalue weighted by atomic mass is 35.5. The van der Waals surface area contributed by atoms with Crippen molar-refractivity contribution in [1.29, 1.82) is 0 Å². The quantitative estimate of drug-likeness (QED) is 0.778. The minimum absolute atomic E-state index is 0.00367. The smallest absolute Gasteiger partial charge is 0.251 e. The average molecular weight is 389 g/mol. The standard InChI is InChI=1S/C15H14ClFN2O3S2/c16-10-5-9(3-4-11(10)17)19-12-6-24(21,22)7-13(12)23-15(19)18-14(20)8-1-2-8/h3-5,8,12-13H,1-2,6-7H2. The lowest BCUT2D eigenvalue weighted by Crippen LogP contribution is -2.37. The van der Waals surface area contributed by atoms with E-state index in [4.69, 9.17) is 11.6 Å². The fraction of sp³-hybridized carbons (Fsp3) is 0.467. The van der Waals surface area contributed by atoms with Crippen LogP contribution >= 0.6 is 23.4 Å². The fourth-order valence-corrected chi connectivity index (χ4v) is 7.11. The zero-order chi connectivity index (χ0) is 17.1. The number of halogens is 2. The van der Waals surface area contributed by atoms with E-state index in [-0.39, 0.29) is 39.6 Å². The van der Waals surface area contributed by atoms with E-state index in [0.717, 1.165) is 12.8 Å². The van der Waals surface area contributed by atoms with Crippen LogP contribution in [-0.4, -0.2) is 42.3 Å². The molecule has 2 heterocycles.